The Morgan fingerprint density at radius 2 is 2.29 bits per heavy atom. The highest BCUT2D eigenvalue weighted by molar-refractivity contribution is 5.83. The molecule has 2 fully saturated rings. The Kier molecular flexibility index (Phi) is 2.77. The average Bonchev–Trinajstić information content (AvgIpc) is 2.88. The molecule has 1 N–H and O–H groups in total. The smallest absolute Gasteiger partial charge is 0.241 e. The third-order valence-electron chi connectivity index (χ3n) is 3.40. The maximum Gasteiger partial charge on any atom is 0.241 e. The van der Waals surface area contributed by atoms with Crippen molar-refractivity contribution in [3.63, 3.8) is 0 Å². The van der Waals surface area contributed by atoms with E-state index in [1.807, 2.05) is 4.90 Å². The second-order valence-electron chi connectivity index (χ2n) is 4.66. The SMILES string of the molecule is CCC1NCN(C(C)CC2CC2)C1=O. The molecule has 0 spiro atoms. The Morgan fingerprint density at radius 1 is 1.57 bits per heavy atom. The predicted molar refractivity (Wildman–Crippen MR) is 55.7 cm³/mol. The number of carbonyl (C=O) groups is 1. The third kappa shape index (κ3) is 1.92. The van der Waals surface area contributed by atoms with Crippen LogP contribution >= 0.6 is 0 Å². The summed E-state index contributed by atoms with van der Waals surface area (Å²) in [5, 5.41) is 3.26. The van der Waals surface area contributed by atoms with E-state index in [2.05, 4.69) is 19.2 Å². The molecule has 1 heterocycles. The van der Waals surface area contributed by atoms with Crippen LogP contribution in [0.25, 0.3) is 0 Å². The molecule has 1 aliphatic heterocycles. The molecule has 1 saturated heterocycles. The molecule has 3 nitrogen and oxygen atoms in total. The van der Waals surface area contributed by atoms with Gasteiger partial charge in [-0.15, -0.1) is 0 Å². The minimum Gasteiger partial charge on any atom is -0.326 e. The molecule has 1 saturated carbocycles. The lowest BCUT2D eigenvalue weighted by Gasteiger charge is -2.23. The van der Waals surface area contributed by atoms with E-state index < -0.39 is 0 Å². The van der Waals surface area contributed by atoms with Crippen LogP contribution in [0, 0.1) is 5.92 Å². The Labute approximate surface area is 85.8 Å². The first-order valence-electron chi connectivity index (χ1n) is 5.76. The van der Waals surface area contributed by atoms with E-state index in [9.17, 15) is 4.79 Å². The molecule has 80 valence electrons. The van der Waals surface area contributed by atoms with Crippen LogP contribution in [-0.2, 0) is 4.79 Å². The zero-order valence-electron chi connectivity index (χ0n) is 9.12. The minimum absolute atomic E-state index is 0.0802. The first-order valence-corrected chi connectivity index (χ1v) is 5.76. The lowest BCUT2D eigenvalue weighted by Crippen LogP contribution is -2.37. The molecular formula is C11H20N2O. The Morgan fingerprint density at radius 3 is 2.79 bits per heavy atom. The molecule has 3 heteroatoms. The van der Waals surface area contributed by atoms with Crippen molar-refractivity contribution in [1.82, 2.24) is 10.2 Å². The van der Waals surface area contributed by atoms with E-state index in [1.165, 1.54) is 19.3 Å². The summed E-state index contributed by atoms with van der Waals surface area (Å²) in [6.45, 7) is 4.99. The number of amides is 1. The topological polar surface area (TPSA) is 32.3 Å². The molecule has 14 heavy (non-hydrogen) atoms. The van der Waals surface area contributed by atoms with Crippen LogP contribution < -0.4 is 5.32 Å². The lowest BCUT2D eigenvalue weighted by atomic mass is 10.1. The van der Waals surface area contributed by atoms with Gasteiger partial charge in [-0.2, -0.15) is 0 Å². The molecular weight excluding hydrogens is 176 g/mol. The first kappa shape index (κ1) is 9.97. The van der Waals surface area contributed by atoms with Crippen LogP contribution in [0.3, 0.4) is 0 Å². The first-order chi connectivity index (χ1) is 6.72. The van der Waals surface area contributed by atoms with Gasteiger partial charge in [0.2, 0.25) is 5.91 Å². The van der Waals surface area contributed by atoms with Gasteiger partial charge in [-0.3, -0.25) is 10.1 Å². The van der Waals surface area contributed by atoms with Crippen molar-refractivity contribution in [1.29, 1.82) is 0 Å². The molecule has 0 aromatic carbocycles. The van der Waals surface area contributed by atoms with Crippen molar-refractivity contribution >= 4 is 5.91 Å². The second kappa shape index (κ2) is 3.89. The standard InChI is InChI=1S/C11H20N2O/c1-3-10-11(14)13(7-12-10)8(2)6-9-4-5-9/h8-10,12H,3-7H2,1-2H3. The van der Waals surface area contributed by atoms with Crippen LogP contribution in [0.1, 0.15) is 39.5 Å². The zero-order valence-corrected chi connectivity index (χ0v) is 9.12. The molecule has 2 aliphatic rings. The molecule has 2 atom stereocenters. The fourth-order valence-corrected chi connectivity index (χ4v) is 2.23. The van der Waals surface area contributed by atoms with Crippen molar-refractivity contribution in [3.8, 4) is 0 Å². The molecule has 1 aliphatic carbocycles. The summed E-state index contributed by atoms with van der Waals surface area (Å²) < 4.78 is 0. The van der Waals surface area contributed by atoms with E-state index >= 15 is 0 Å². The number of nitrogens with zero attached hydrogens (tertiary/aromatic N) is 1. The van der Waals surface area contributed by atoms with Crippen molar-refractivity contribution in [3.05, 3.63) is 0 Å². The van der Waals surface area contributed by atoms with Gasteiger partial charge in [-0.05, 0) is 25.7 Å². The van der Waals surface area contributed by atoms with E-state index in [1.54, 1.807) is 0 Å². The Bertz CT molecular complexity index is 225. The predicted octanol–water partition coefficient (Wildman–Crippen LogP) is 1.34. The fraction of sp³-hybridized carbons (Fsp3) is 0.909. The zero-order chi connectivity index (χ0) is 10.1. The lowest BCUT2D eigenvalue weighted by molar-refractivity contribution is -0.130. The number of hydrogen-bond donors (Lipinski definition) is 1. The van der Waals surface area contributed by atoms with Crippen LogP contribution in [0.5, 0.6) is 0 Å². The number of hydrogen-bond acceptors (Lipinski definition) is 2. The fourth-order valence-electron chi connectivity index (χ4n) is 2.23. The maximum absolute atomic E-state index is 11.8. The molecule has 0 aromatic heterocycles. The number of carbonyl (C=O) groups excluding carboxylic acids is 1. The molecule has 0 aromatic rings. The van der Waals surface area contributed by atoms with Crippen LogP contribution in [0.2, 0.25) is 0 Å². The van der Waals surface area contributed by atoms with Crippen molar-refractivity contribution in [2.24, 2.45) is 5.92 Å². The molecule has 2 unspecified atom stereocenters. The van der Waals surface area contributed by atoms with Crippen LogP contribution in [0.15, 0.2) is 0 Å². The molecule has 2 rings (SSSR count). The van der Waals surface area contributed by atoms with Crippen LogP contribution in [-0.4, -0.2) is 29.6 Å². The summed E-state index contributed by atoms with van der Waals surface area (Å²) in [6.07, 6.45) is 4.85. The summed E-state index contributed by atoms with van der Waals surface area (Å²) in [4.78, 5) is 13.8. The van der Waals surface area contributed by atoms with E-state index in [4.69, 9.17) is 0 Å². The monoisotopic (exact) mass is 196 g/mol. The summed E-state index contributed by atoms with van der Waals surface area (Å²) in [5.41, 5.74) is 0. The largest absolute Gasteiger partial charge is 0.326 e. The van der Waals surface area contributed by atoms with E-state index in [-0.39, 0.29) is 6.04 Å². The van der Waals surface area contributed by atoms with Gasteiger partial charge in [0.15, 0.2) is 0 Å². The van der Waals surface area contributed by atoms with Gasteiger partial charge in [-0.25, -0.2) is 0 Å². The average molecular weight is 196 g/mol. The quantitative estimate of drug-likeness (QED) is 0.736. The number of rotatable bonds is 4. The number of nitrogens with one attached hydrogen (secondary N) is 1. The highest BCUT2D eigenvalue weighted by Crippen LogP contribution is 2.34. The van der Waals surface area contributed by atoms with Crippen molar-refractivity contribution in [2.45, 2.75) is 51.6 Å². The molecule has 0 bridgehead atoms. The summed E-state index contributed by atoms with van der Waals surface area (Å²) in [6, 6.07) is 0.510. The summed E-state index contributed by atoms with van der Waals surface area (Å²) in [7, 11) is 0. The van der Waals surface area contributed by atoms with E-state index in [0.29, 0.717) is 11.9 Å². The van der Waals surface area contributed by atoms with Gasteiger partial charge >= 0.3 is 0 Å². The van der Waals surface area contributed by atoms with Gasteiger partial charge in [0, 0.05) is 6.04 Å². The Balaban J connectivity index is 1.87. The molecule has 1 amide bonds. The third-order valence-corrected chi connectivity index (χ3v) is 3.40. The van der Waals surface area contributed by atoms with E-state index in [0.717, 1.165) is 19.0 Å². The van der Waals surface area contributed by atoms with Gasteiger partial charge in [0.25, 0.3) is 0 Å². The van der Waals surface area contributed by atoms with Gasteiger partial charge in [0.1, 0.15) is 0 Å². The van der Waals surface area contributed by atoms with Crippen molar-refractivity contribution in [2.75, 3.05) is 6.67 Å². The van der Waals surface area contributed by atoms with Gasteiger partial charge < -0.3 is 4.90 Å². The summed E-state index contributed by atoms with van der Waals surface area (Å²) >= 11 is 0. The highest BCUT2D eigenvalue weighted by Gasteiger charge is 2.34. The van der Waals surface area contributed by atoms with Gasteiger partial charge in [0.05, 0.1) is 12.7 Å². The maximum atomic E-state index is 11.8. The second-order valence-corrected chi connectivity index (χ2v) is 4.66. The Hall–Kier alpha value is -0.570. The highest BCUT2D eigenvalue weighted by atomic mass is 16.2. The minimum atomic E-state index is 0.0802. The molecule has 0 radical (unpaired) electrons. The summed E-state index contributed by atoms with van der Waals surface area (Å²) in [5.74, 6) is 1.21. The van der Waals surface area contributed by atoms with Crippen molar-refractivity contribution < 1.29 is 4.79 Å². The normalized spacial score (nSPS) is 29.7. The van der Waals surface area contributed by atoms with Crippen LogP contribution in [0.4, 0.5) is 0 Å². The van der Waals surface area contributed by atoms with Gasteiger partial charge in [-0.1, -0.05) is 19.8 Å².